The van der Waals surface area contributed by atoms with Crippen LogP contribution in [0.3, 0.4) is 0 Å². The van der Waals surface area contributed by atoms with Gasteiger partial charge >= 0.3 is 5.97 Å². The predicted octanol–water partition coefficient (Wildman–Crippen LogP) is 1.91. The Morgan fingerprint density at radius 3 is 2.40 bits per heavy atom. The summed E-state index contributed by atoms with van der Waals surface area (Å²) in [4.78, 5) is 24.4. The van der Waals surface area contributed by atoms with Gasteiger partial charge in [-0.05, 0) is 18.9 Å². The van der Waals surface area contributed by atoms with Crippen molar-refractivity contribution in [3.05, 3.63) is 35.9 Å². The summed E-state index contributed by atoms with van der Waals surface area (Å²) >= 11 is 0. The predicted molar refractivity (Wildman–Crippen MR) is 75.2 cm³/mol. The van der Waals surface area contributed by atoms with Gasteiger partial charge in [0.05, 0.1) is 6.61 Å². The molecule has 0 fully saturated rings. The van der Waals surface area contributed by atoms with E-state index in [-0.39, 0.29) is 5.91 Å². The minimum atomic E-state index is -1.00. The summed E-state index contributed by atoms with van der Waals surface area (Å²) in [5.41, 5.74) is 0.972. The van der Waals surface area contributed by atoms with E-state index in [4.69, 9.17) is 9.84 Å². The van der Waals surface area contributed by atoms with E-state index in [1.165, 1.54) is 11.9 Å². The Kier molecular flexibility index (Phi) is 6.18. The Labute approximate surface area is 119 Å². The molecule has 1 N–H and O–H groups in total. The standard InChI is InChI=1S/C15H21NO4/c1-4-13(15(18)19)16(3)14(17)11(2)20-10-12-8-6-5-7-9-12/h5-9,11,13H,4,10H2,1-3H3,(H,18,19). The van der Waals surface area contributed by atoms with Gasteiger partial charge in [-0.3, -0.25) is 4.79 Å². The van der Waals surface area contributed by atoms with Crippen LogP contribution in [0.1, 0.15) is 25.8 Å². The molecule has 0 aliphatic carbocycles. The second-order valence-corrected chi connectivity index (χ2v) is 4.65. The van der Waals surface area contributed by atoms with Crippen molar-refractivity contribution in [2.45, 2.75) is 39.0 Å². The molecule has 110 valence electrons. The van der Waals surface area contributed by atoms with Crippen molar-refractivity contribution in [3.63, 3.8) is 0 Å². The van der Waals surface area contributed by atoms with E-state index in [1.54, 1.807) is 13.8 Å². The van der Waals surface area contributed by atoms with Gasteiger partial charge in [-0.15, -0.1) is 0 Å². The lowest BCUT2D eigenvalue weighted by atomic mass is 10.2. The molecule has 0 spiro atoms. The maximum absolute atomic E-state index is 12.1. The molecule has 0 saturated heterocycles. The zero-order valence-corrected chi connectivity index (χ0v) is 12.1. The molecule has 0 heterocycles. The van der Waals surface area contributed by atoms with Gasteiger partial charge in [0.25, 0.3) is 5.91 Å². The topological polar surface area (TPSA) is 66.8 Å². The summed E-state index contributed by atoms with van der Waals surface area (Å²) < 4.78 is 5.50. The number of carboxylic acid groups (broad SMARTS) is 1. The lowest BCUT2D eigenvalue weighted by Crippen LogP contribution is -2.46. The van der Waals surface area contributed by atoms with Crippen LogP contribution < -0.4 is 0 Å². The number of aliphatic carboxylic acids is 1. The number of likely N-dealkylation sites (N-methyl/N-ethyl adjacent to an activating group) is 1. The quantitative estimate of drug-likeness (QED) is 0.828. The number of hydrogen-bond donors (Lipinski definition) is 1. The molecule has 0 aliphatic rings. The fourth-order valence-electron chi connectivity index (χ4n) is 1.92. The van der Waals surface area contributed by atoms with Gasteiger partial charge in [0, 0.05) is 7.05 Å². The van der Waals surface area contributed by atoms with E-state index in [2.05, 4.69) is 0 Å². The molecule has 20 heavy (non-hydrogen) atoms. The minimum Gasteiger partial charge on any atom is -0.480 e. The highest BCUT2D eigenvalue weighted by atomic mass is 16.5. The van der Waals surface area contributed by atoms with Crippen molar-refractivity contribution < 1.29 is 19.4 Å². The van der Waals surface area contributed by atoms with Gasteiger partial charge < -0.3 is 14.7 Å². The molecule has 0 radical (unpaired) electrons. The van der Waals surface area contributed by atoms with Gasteiger partial charge in [0.2, 0.25) is 0 Å². The Hall–Kier alpha value is -1.88. The van der Waals surface area contributed by atoms with Crippen LogP contribution in [0.15, 0.2) is 30.3 Å². The number of rotatable bonds is 7. The normalized spacial score (nSPS) is 13.6. The zero-order chi connectivity index (χ0) is 15.1. The highest BCUT2D eigenvalue weighted by Crippen LogP contribution is 2.09. The van der Waals surface area contributed by atoms with Crippen molar-refractivity contribution in [2.75, 3.05) is 7.05 Å². The fraction of sp³-hybridized carbons (Fsp3) is 0.467. The summed E-state index contributed by atoms with van der Waals surface area (Å²) in [6, 6.07) is 8.71. The van der Waals surface area contributed by atoms with Crippen LogP contribution in [0.25, 0.3) is 0 Å². The Bertz CT molecular complexity index is 446. The van der Waals surface area contributed by atoms with Gasteiger partial charge in [-0.2, -0.15) is 0 Å². The maximum Gasteiger partial charge on any atom is 0.326 e. The molecule has 0 saturated carbocycles. The van der Waals surface area contributed by atoms with Crippen LogP contribution in [-0.4, -0.2) is 41.1 Å². The van der Waals surface area contributed by atoms with E-state index in [0.717, 1.165) is 5.56 Å². The molecule has 1 rings (SSSR count). The Morgan fingerprint density at radius 2 is 1.90 bits per heavy atom. The molecule has 2 atom stereocenters. The van der Waals surface area contributed by atoms with E-state index in [0.29, 0.717) is 13.0 Å². The molecular weight excluding hydrogens is 258 g/mol. The van der Waals surface area contributed by atoms with Crippen molar-refractivity contribution in [2.24, 2.45) is 0 Å². The molecule has 0 bridgehead atoms. The molecular formula is C15H21NO4. The van der Waals surface area contributed by atoms with Gasteiger partial charge in [-0.25, -0.2) is 4.79 Å². The van der Waals surface area contributed by atoms with Crippen LogP contribution in [-0.2, 0) is 20.9 Å². The first-order chi connectivity index (χ1) is 9.47. The van der Waals surface area contributed by atoms with Gasteiger partial charge in [0.15, 0.2) is 0 Å². The number of benzene rings is 1. The summed E-state index contributed by atoms with van der Waals surface area (Å²) in [5, 5.41) is 9.05. The summed E-state index contributed by atoms with van der Waals surface area (Å²) in [5.74, 6) is -1.33. The third kappa shape index (κ3) is 4.35. The van der Waals surface area contributed by atoms with Gasteiger partial charge in [0.1, 0.15) is 12.1 Å². The Balaban J connectivity index is 2.56. The number of hydrogen-bond acceptors (Lipinski definition) is 3. The number of amides is 1. The lowest BCUT2D eigenvalue weighted by Gasteiger charge is -2.26. The third-order valence-corrected chi connectivity index (χ3v) is 3.18. The summed E-state index contributed by atoms with van der Waals surface area (Å²) in [6.45, 7) is 3.69. The molecule has 1 aromatic rings. The molecule has 1 amide bonds. The van der Waals surface area contributed by atoms with E-state index >= 15 is 0 Å². The number of ether oxygens (including phenoxy) is 1. The van der Waals surface area contributed by atoms with Crippen LogP contribution in [0, 0.1) is 0 Å². The molecule has 1 aromatic carbocycles. The number of nitrogens with zero attached hydrogens (tertiary/aromatic N) is 1. The first-order valence-electron chi connectivity index (χ1n) is 6.62. The molecule has 0 aromatic heterocycles. The average molecular weight is 279 g/mol. The molecule has 5 heteroatoms. The van der Waals surface area contributed by atoms with E-state index in [9.17, 15) is 9.59 Å². The monoisotopic (exact) mass is 279 g/mol. The lowest BCUT2D eigenvalue weighted by molar-refractivity contribution is -0.154. The van der Waals surface area contributed by atoms with Crippen molar-refractivity contribution in [1.82, 2.24) is 4.90 Å². The van der Waals surface area contributed by atoms with Crippen LogP contribution in [0.5, 0.6) is 0 Å². The van der Waals surface area contributed by atoms with Crippen molar-refractivity contribution in [3.8, 4) is 0 Å². The van der Waals surface area contributed by atoms with Crippen molar-refractivity contribution in [1.29, 1.82) is 0 Å². The van der Waals surface area contributed by atoms with Crippen LogP contribution >= 0.6 is 0 Å². The Morgan fingerprint density at radius 1 is 1.30 bits per heavy atom. The highest BCUT2D eigenvalue weighted by molar-refractivity contribution is 5.85. The largest absolute Gasteiger partial charge is 0.480 e. The van der Waals surface area contributed by atoms with Crippen molar-refractivity contribution >= 4 is 11.9 Å². The average Bonchev–Trinajstić information content (AvgIpc) is 2.45. The third-order valence-electron chi connectivity index (χ3n) is 3.18. The number of carbonyl (C=O) groups excluding carboxylic acids is 1. The molecule has 5 nitrogen and oxygen atoms in total. The molecule has 2 unspecified atom stereocenters. The number of carbonyl (C=O) groups is 2. The highest BCUT2D eigenvalue weighted by Gasteiger charge is 2.28. The smallest absolute Gasteiger partial charge is 0.326 e. The molecule has 0 aliphatic heterocycles. The second-order valence-electron chi connectivity index (χ2n) is 4.65. The first-order valence-corrected chi connectivity index (χ1v) is 6.62. The maximum atomic E-state index is 12.1. The zero-order valence-electron chi connectivity index (χ0n) is 12.1. The van der Waals surface area contributed by atoms with Crippen LogP contribution in [0.2, 0.25) is 0 Å². The van der Waals surface area contributed by atoms with E-state index in [1.807, 2.05) is 30.3 Å². The summed E-state index contributed by atoms with van der Waals surface area (Å²) in [7, 11) is 1.49. The first kappa shape index (κ1) is 16.2. The fourth-order valence-corrected chi connectivity index (χ4v) is 1.92. The van der Waals surface area contributed by atoms with Crippen LogP contribution in [0.4, 0.5) is 0 Å². The van der Waals surface area contributed by atoms with E-state index < -0.39 is 18.1 Å². The second kappa shape index (κ2) is 7.65. The minimum absolute atomic E-state index is 0.324. The summed E-state index contributed by atoms with van der Waals surface area (Å²) in [6.07, 6.45) is -0.309. The van der Waals surface area contributed by atoms with Gasteiger partial charge in [-0.1, -0.05) is 37.3 Å². The number of carboxylic acids is 1. The SMILES string of the molecule is CCC(C(=O)O)N(C)C(=O)C(C)OCc1ccccc1.